The van der Waals surface area contributed by atoms with Gasteiger partial charge in [-0.25, -0.2) is 4.39 Å². The zero-order valence-corrected chi connectivity index (χ0v) is 18.6. The molecule has 0 unspecified atom stereocenters. The largest absolute Gasteiger partial charge is 0.312 e. The molecule has 166 valence electrons. The fraction of sp³-hybridized carbons (Fsp3) is 0.308. The van der Waals surface area contributed by atoms with E-state index in [9.17, 15) is 9.18 Å². The number of benzene rings is 2. The molecule has 3 aromatic rings. The highest BCUT2D eigenvalue weighted by Gasteiger charge is 2.18. The van der Waals surface area contributed by atoms with Crippen LogP contribution in [-0.2, 0) is 6.54 Å². The minimum absolute atomic E-state index is 0.102. The number of nitrogens with zero attached hydrogens (tertiary/aromatic N) is 3. The van der Waals surface area contributed by atoms with Crippen molar-refractivity contribution >= 4 is 11.6 Å². The van der Waals surface area contributed by atoms with E-state index in [0.717, 1.165) is 31.9 Å². The highest BCUT2D eigenvalue weighted by molar-refractivity contribution is 6.06. The van der Waals surface area contributed by atoms with Crippen LogP contribution in [0.5, 0.6) is 0 Å². The highest BCUT2D eigenvalue weighted by atomic mass is 19.1. The second-order valence-corrected chi connectivity index (χ2v) is 8.25. The number of piperazine rings is 1. The molecule has 0 spiro atoms. The molecule has 6 heteroatoms. The van der Waals surface area contributed by atoms with Gasteiger partial charge in [0.2, 0.25) is 0 Å². The number of hydrogen-bond donors (Lipinski definition) is 1. The number of anilines is 1. The van der Waals surface area contributed by atoms with E-state index in [-0.39, 0.29) is 11.7 Å². The number of aromatic nitrogens is 1. The van der Waals surface area contributed by atoms with Gasteiger partial charge in [0, 0.05) is 56.2 Å². The number of pyridine rings is 1. The van der Waals surface area contributed by atoms with E-state index in [1.165, 1.54) is 17.7 Å². The minimum atomic E-state index is -0.309. The van der Waals surface area contributed by atoms with Gasteiger partial charge < -0.3 is 10.2 Å². The van der Waals surface area contributed by atoms with Gasteiger partial charge in [-0.15, -0.1) is 0 Å². The number of rotatable bonds is 6. The Morgan fingerprint density at radius 2 is 2.00 bits per heavy atom. The van der Waals surface area contributed by atoms with Crippen LogP contribution in [0.15, 0.2) is 66.9 Å². The molecule has 0 radical (unpaired) electrons. The molecule has 0 aliphatic carbocycles. The first kappa shape index (κ1) is 22.1. The van der Waals surface area contributed by atoms with Gasteiger partial charge in [0.15, 0.2) is 0 Å². The molecule has 2 heterocycles. The van der Waals surface area contributed by atoms with Crippen LogP contribution in [0.1, 0.15) is 29.8 Å². The fourth-order valence-electron chi connectivity index (χ4n) is 4.13. The Labute approximate surface area is 188 Å². The van der Waals surface area contributed by atoms with Gasteiger partial charge in [-0.05, 0) is 55.8 Å². The average molecular weight is 433 g/mol. The van der Waals surface area contributed by atoms with E-state index >= 15 is 0 Å². The molecule has 1 amide bonds. The minimum Gasteiger partial charge on any atom is -0.312 e. The maximum Gasteiger partial charge on any atom is 0.259 e. The molecular formula is C26H29FN4O. The van der Waals surface area contributed by atoms with E-state index in [1.54, 1.807) is 35.4 Å². The third kappa shape index (κ3) is 5.21. The summed E-state index contributed by atoms with van der Waals surface area (Å²) < 4.78 is 13.5. The Balaban J connectivity index is 1.45. The van der Waals surface area contributed by atoms with Crippen LogP contribution in [0.25, 0.3) is 11.3 Å². The van der Waals surface area contributed by atoms with Crippen molar-refractivity contribution in [2.75, 3.05) is 31.1 Å². The van der Waals surface area contributed by atoms with Gasteiger partial charge in [-0.3, -0.25) is 14.7 Å². The number of halogens is 1. The molecule has 1 aliphatic heterocycles. The van der Waals surface area contributed by atoms with E-state index in [2.05, 4.69) is 34.3 Å². The maximum atomic E-state index is 13.5. The second kappa shape index (κ2) is 10.0. The Hall–Kier alpha value is -3.09. The molecule has 1 aliphatic rings. The number of nitrogens with one attached hydrogen (secondary N) is 1. The van der Waals surface area contributed by atoms with Crippen molar-refractivity contribution in [3.63, 3.8) is 0 Å². The van der Waals surface area contributed by atoms with E-state index in [1.807, 2.05) is 19.1 Å². The Morgan fingerprint density at radius 1 is 1.19 bits per heavy atom. The van der Waals surface area contributed by atoms with Gasteiger partial charge in [0.1, 0.15) is 5.82 Å². The number of hydrogen-bond acceptors (Lipinski definition) is 4. The summed E-state index contributed by atoms with van der Waals surface area (Å²) in [4.78, 5) is 21.7. The highest BCUT2D eigenvalue weighted by Crippen LogP contribution is 2.21. The summed E-state index contributed by atoms with van der Waals surface area (Å²) in [5.74, 6) is -0.411. The van der Waals surface area contributed by atoms with Crippen LogP contribution >= 0.6 is 0 Å². The summed E-state index contributed by atoms with van der Waals surface area (Å²) in [6.07, 6.45) is 1.56. The fourth-order valence-corrected chi connectivity index (χ4v) is 4.13. The van der Waals surface area contributed by atoms with Crippen molar-refractivity contribution in [3.8, 4) is 11.3 Å². The molecule has 1 aromatic heterocycles. The molecule has 1 fully saturated rings. The monoisotopic (exact) mass is 432 g/mol. The first-order valence-electron chi connectivity index (χ1n) is 11.1. The summed E-state index contributed by atoms with van der Waals surface area (Å²) >= 11 is 0. The molecule has 0 saturated carbocycles. The van der Waals surface area contributed by atoms with Gasteiger partial charge in [0.25, 0.3) is 5.91 Å². The van der Waals surface area contributed by atoms with Gasteiger partial charge in [-0.1, -0.05) is 24.3 Å². The Kier molecular flexibility index (Phi) is 6.93. The second-order valence-electron chi connectivity index (χ2n) is 8.25. The smallest absolute Gasteiger partial charge is 0.259 e. The predicted molar refractivity (Wildman–Crippen MR) is 126 cm³/mol. The van der Waals surface area contributed by atoms with Crippen LogP contribution in [0.3, 0.4) is 0 Å². The Bertz CT molecular complexity index is 1050. The molecule has 1 N–H and O–H groups in total. The molecular weight excluding hydrogens is 403 g/mol. The SMILES string of the molecule is CCN(C(=O)c1ccc(-c2cccc(F)c2)nc1)c1ccc(CN2CCN[C@@H](C)C2)cc1. The summed E-state index contributed by atoms with van der Waals surface area (Å²) in [6.45, 7) is 8.74. The zero-order chi connectivity index (χ0) is 22.5. The van der Waals surface area contributed by atoms with E-state index in [4.69, 9.17) is 0 Å². The first-order valence-corrected chi connectivity index (χ1v) is 11.1. The summed E-state index contributed by atoms with van der Waals surface area (Å²) in [5.41, 5.74) is 3.93. The lowest BCUT2D eigenvalue weighted by atomic mass is 10.1. The molecule has 4 rings (SSSR count). The van der Waals surface area contributed by atoms with Crippen molar-refractivity contribution in [3.05, 3.63) is 83.8 Å². The normalized spacial score (nSPS) is 16.7. The summed E-state index contributed by atoms with van der Waals surface area (Å²) in [5, 5.41) is 3.46. The topological polar surface area (TPSA) is 48.5 Å². The van der Waals surface area contributed by atoms with E-state index < -0.39 is 0 Å². The van der Waals surface area contributed by atoms with Gasteiger partial charge >= 0.3 is 0 Å². The number of carbonyl (C=O) groups excluding carboxylic acids is 1. The van der Waals surface area contributed by atoms with Gasteiger partial charge in [0.05, 0.1) is 11.3 Å². The summed E-state index contributed by atoms with van der Waals surface area (Å²) in [7, 11) is 0. The molecule has 1 saturated heterocycles. The van der Waals surface area contributed by atoms with Crippen LogP contribution in [0.4, 0.5) is 10.1 Å². The summed E-state index contributed by atoms with van der Waals surface area (Å²) in [6, 6.07) is 18.5. The molecule has 32 heavy (non-hydrogen) atoms. The van der Waals surface area contributed by atoms with Crippen molar-refractivity contribution in [1.29, 1.82) is 0 Å². The van der Waals surface area contributed by atoms with Gasteiger partial charge in [-0.2, -0.15) is 0 Å². The number of amides is 1. The maximum absolute atomic E-state index is 13.5. The van der Waals surface area contributed by atoms with Crippen LogP contribution in [-0.4, -0.2) is 48.0 Å². The standard InChI is InChI=1S/C26H29FN4O/c1-3-31(24-10-7-20(8-11-24)18-30-14-13-28-19(2)17-30)26(32)22-9-12-25(29-16-22)21-5-4-6-23(27)15-21/h4-12,15-16,19,28H,3,13-14,17-18H2,1-2H3/t19-/m0/s1. The van der Waals surface area contributed by atoms with Crippen LogP contribution in [0, 0.1) is 5.82 Å². The lowest BCUT2D eigenvalue weighted by molar-refractivity contribution is 0.0988. The number of carbonyl (C=O) groups is 1. The van der Waals surface area contributed by atoms with Crippen LogP contribution in [0.2, 0.25) is 0 Å². The van der Waals surface area contributed by atoms with Crippen molar-refractivity contribution < 1.29 is 9.18 Å². The third-order valence-electron chi connectivity index (χ3n) is 5.80. The zero-order valence-electron chi connectivity index (χ0n) is 18.6. The molecule has 2 aromatic carbocycles. The molecule has 5 nitrogen and oxygen atoms in total. The van der Waals surface area contributed by atoms with Crippen LogP contribution < -0.4 is 10.2 Å². The lowest BCUT2D eigenvalue weighted by Crippen LogP contribution is -2.48. The third-order valence-corrected chi connectivity index (χ3v) is 5.80. The quantitative estimate of drug-likeness (QED) is 0.629. The predicted octanol–water partition coefficient (Wildman–Crippen LogP) is 4.35. The first-order chi connectivity index (χ1) is 15.5. The Morgan fingerprint density at radius 3 is 2.66 bits per heavy atom. The van der Waals surface area contributed by atoms with Crippen molar-refractivity contribution in [2.24, 2.45) is 0 Å². The van der Waals surface area contributed by atoms with E-state index in [0.29, 0.717) is 29.4 Å². The van der Waals surface area contributed by atoms with Crippen molar-refractivity contribution in [1.82, 2.24) is 15.2 Å². The molecule has 0 bridgehead atoms. The molecule has 1 atom stereocenters. The lowest BCUT2D eigenvalue weighted by Gasteiger charge is -2.32. The van der Waals surface area contributed by atoms with Crippen molar-refractivity contribution in [2.45, 2.75) is 26.4 Å². The average Bonchev–Trinajstić information content (AvgIpc) is 2.81.